The predicted octanol–water partition coefficient (Wildman–Crippen LogP) is 0.979. The summed E-state index contributed by atoms with van der Waals surface area (Å²) >= 11 is 0. The molecule has 1 fully saturated rings. The molecule has 0 radical (unpaired) electrons. The lowest BCUT2D eigenvalue weighted by molar-refractivity contribution is 0.0931. The molecule has 2 aromatic rings. The molecule has 2 N–H and O–H groups in total. The Morgan fingerprint density at radius 1 is 1.26 bits per heavy atom. The number of fused-ring (bicyclic) bond motifs is 1. The lowest BCUT2D eigenvalue weighted by Crippen LogP contribution is -2.37. The van der Waals surface area contributed by atoms with Crippen molar-refractivity contribution in [2.24, 2.45) is 0 Å². The summed E-state index contributed by atoms with van der Waals surface area (Å²) in [6.45, 7) is 0.824. The van der Waals surface area contributed by atoms with Gasteiger partial charge in [0.2, 0.25) is 0 Å². The van der Waals surface area contributed by atoms with Crippen molar-refractivity contribution >= 4 is 5.91 Å². The number of hydrogen-bond donors (Lipinski definition) is 2. The molecule has 3 heterocycles. The van der Waals surface area contributed by atoms with Crippen molar-refractivity contribution in [2.45, 2.75) is 50.6 Å². The zero-order valence-corrected chi connectivity index (χ0v) is 12.8. The molecule has 4 rings (SSSR count). The maximum absolute atomic E-state index is 12.3. The van der Waals surface area contributed by atoms with Crippen molar-refractivity contribution in [3.63, 3.8) is 0 Å². The lowest BCUT2D eigenvalue weighted by Gasteiger charge is -2.16. The Labute approximate surface area is 133 Å². The molecule has 2 aliphatic rings. The zero-order chi connectivity index (χ0) is 15.8. The van der Waals surface area contributed by atoms with Gasteiger partial charge in [-0.1, -0.05) is 0 Å². The molecule has 0 saturated heterocycles. The van der Waals surface area contributed by atoms with Gasteiger partial charge >= 0.3 is 0 Å². The van der Waals surface area contributed by atoms with E-state index >= 15 is 0 Å². The Kier molecular flexibility index (Phi) is 3.48. The summed E-state index contributed by atoms with van der Waals surface area (Å²) in [5, 5.41) is 11.6. The highest BCUT2D eigenvalue weighted by Gasteiger charge is 2.31. The van der Waals surface area contributed by atoms with Gasteiger partial charge in [0.25, 0.3) is 11.5 Å². The topological polar surface area (TPSA) is 92.7 Å². The molecule has 1 atom stereocenters. The van der Waals surface area contributed by atoms with Crippen LogP contribution in [0.3, 0.4) is 0 Å². The number of carbonyl (C=O) groups excluding carboxylic acids is 1. The minimum absolute atomic E-state index is 0.0517. The predicted molar refractivity (Wildman–Crippen MR) is 83.3 cm³/mol. The highest BCUT2D eigenvalue weighted by Crippen LogP contribution is 2.39. The second-order valence-corrected chi connectivity index (χ2v) is 6.31. The second kappa shape index (κ2) is 5.64. The summed E-state index contributed by atoms with van der Waals surface area (Å²) in [7, 11) is 0. The van der Waals surface area contributed by atoms with Crippen molar-refractivity contribution in [3.8, 4) is 0 Å². The molecule has 1 saturated carbocycles. The fraction of sp³-hybridized carbons (Fsp3) is 0.500. The Morgan fingerprint density at radius 3 is 2.91 bits per heavy atom. The van der Waals surface area contributed by atoms with Crippen LogP contribution in [-0.4, -0.2) is 31.7 Å². The number of aryl methyl sites for hydroxylation is 1. The monoisotopic (exact) mass is 313 g/mol. The number of amides is 1. The first kappa shape index (κ1) is 14.2. The maximum Gasteiger partial charge on any atom is 0.260 e. The van der Waals surface area contributed by atoms with E-state index in [2.05, 4.69) is 25.1 Å². The molecule has 1 unspecified atom stereocenters. The zero-order valence-electron chi connectivity index (χ0n) is 12.8. The van der Waals surface area contributed by atoms with Crippen LogP contribution >= 0.6 is 0 Å². The number of H-pyrrole nitrogens is 1. The highest BCUT2D eigenvalue weighted by molar-refractivity contribution is 5.93. The van der Waals surface area contributed by atoms with Crippen LogP contribution in [0.1, 0.15) is 53.6 Å². The summed E-state index contributed by atoms with van der Waals surface area (Å²) in [4.78, 5) is 26.5. The maximum atomic E-state index is 12.3. The smallest absolute Gasteiger partial charge is 0.260 e. The number of rotatable bonds is 3. The van der Waals surface area contributed by atoms with E-state index in [4.69, 9.17) is 0 Å². The number of aromatic nitrogens is 4. The largest absolute Gasteiger partial charge is 0.349 e. The van der Waals surface area contributed by atoms with E-state index in [9.17, 15) is 9.59 Å². The van der Waals surface area contributed by atoms with Gasteiger partial charge in [0.1, 0.15) is 17.2 Å². The van der Waals surface area contributed by atoms with E-state index < -0.39 is 0 Å². The molecule has 7 nitrogen and oxygen atoms in total. The average Bonchev–Trinajstić information content (AvgIpc) is 3.34. The van der Waals surface area contributed by atoms with Gasteiger partial charge in [-0.15, -0.1) is 10.2 Å². The van der Waals surface area contributed by atoms with Crippen LogP contribution in [0.2, 0.25) is 0 Å². The van der Waals surface area contributed by atoms with Crippen molar-refractivity contribution in [1.29, 1.82) is 0 Å². The lowest BCUT2D eigenvalue weighted by atomic mass is 10.1. The number of hydrogen-bond acceptors (Lipinski definition) is 4. The number of carbonyl (C=O) groups is 1. The Hall–Kier alpha value is -2.44. The molecule has 1 aliphatic heterocycles. The molecular weight excluding hydrogens is 294 g/mol. The summed E-state index contributed by atoms with van der Waals surface area (Å²) in [5.41, 5.74) is -0.193. The minimum Gasteiger partial charge on any atom is -0.349 e. The van der Waals surface area contributed by atoms with Gasteiger partial charge in [0, 0.05) is 31.1 Å². The van der Waals surface area contributed by atoms with Gasteiger partial charge in [0.15, 0.2) is 0 Å². The minimum atomic E-state index is -0.355. The molecule has 23 heavy (non-hydrogen) atoms. The molecule has 120 valence electrons. The standard InChI is InChI=1S/C16H19N5O2/c22-15-12(2-1-8-17-15)16(23)18-11-5-6-13-19-20-14(10-3-4-10)21(13)9-7-11/h1-2,8,10-11H,3-7,9H2,(H,17,22)(H,18,23). The van der Waals surface area contributed by atoms with Crippen molar-refractivity contribution < 1.29 is 4.79 Å². The fourth-order valence-corrected chi connectivity index (χ4v) is 3.16. The normalized spacial score (nSPS) is 20.6. The third-order valence-electron chi connectivity index (χ3n) is 4.61. The van der Waals surface area contributed by atoms with Crippen molar-refractivity contribution in [2.75, 3.05) is 0 Å². The Bertz CT molecular complexity index is 790. The van der Waals surface area contributed by atoms with E-state index in [0.29, 0.717) is 5.92 Å². The number of aromatic amines is 1. The molecule has 0 aromatic carbocycles. The van der Waals surface area contributed by atoms with Gasteiger partial charge in [-0.05, 0) is 37.8 Å². The van der Waals surface area contributed by atoms with Gasteiger partial charge in [-0.25, -0.2) is 0 Å². The van der Waals surface area contributed by atoms with Crippen molar-refractivity contribution in [3.05, 3.63) is 45.9 Å². The quantitative estimate of drug-likeness (QED) is 0.883. The first-order valence-electron chi connectivity index (χ1n) is 8.13. The summed E-state index contributed by atoms with van der Waals surface area (Å²) in [5.74, 6) is 2.38. The van der Waals surface area contributed by atoms with E-state index in [0.717, 1.165) is 37.5 Å². The molecule has 0 bridgehead atoms. The van der Waals surface area contributed by atoms with Crippen LogP contribution in [-0.2, 0) is 13.0 Å². The number of nitrogens with zero attached hydrogens (tertiary/aromatic N) is 3. The first-order valence-corrected chi connectivity index (χ1v) is 8.13. The van der Waals surface area contributed by atoms with Crippen LogP contribution in [0, 0.1) is 0 Å². The first-order chi connectivity index (χ1) is 11.2. The molecule has 0 spiro atoms. The SMILES string of the molecule is O=C(NC1CCc2nnc(C3CC3)n2CC1)c1ccc[nH]c1=O. The third-order valence-corrected chi connectivity index (χ3v) is 4.61. The van der Waals surface area contributed by atoms with E-state index in [-0.39, 0.29) is 23.1 Å². The average molecular weight is 313 g/mol. The molecule has 1 amide bonds. The summed E-state index contributed by atoms with van der Waals surface area (Å²) in [6.07, 6.45) is 6.39. The Morgan fingerprint density at radius 2 is 2.13 bits per heavy atom. The summed E-state index contributed by atoms with van der Waals surface area (Å²) in [6, 6.07) is 3.26. The van der Waals surface area contributed by atoms with Crippen LogP contribution < -0.4 is 10.9 Å². The highest BCUT2D eigenvalue weighted by atomic mass is 16.2. The van der Waals surface area contributed by atoms with Crippen LogP contribution in [0.15, 0.2) is 23.1 Å². The van der Waals surface area contributed by atoms with E-state index in [1.807, 2.05) is 0 Å². The van der Waals surface area contributed by atoms with Crippen molar-refractivity contribution in [1.82, 2.24) is 25.1 Å². The van der Waals surface area contributed by atoms with E-state index in [1.54, 1.807) is 12.1 Å². The van der Waals surface area contributed by atoms with E-state index in [1.165, 1.54) is 19.0 Å². The van der Waals surface area contributed by atoms with Crippen LogP contribution in [0.25, 0.3) is 0 Å². The molecular formula is C16H19N5O2. The fourth-order valence-electron chi connectivity index (χ4n) is 3.16. The molecule has 2 aromatic heterocycles. The number of pyridine rings is 1. The van der Waals surface area contributed by atoms with Gasteiger partial charge in [0.05, 0.1) is 0 Å². The van der Waals surface area contributed by atoms with Gasteiger partial charge in [-0.2, -0.15) is 0 Å². The molecule has 7 heteroatoms. The summed E-state index contributed by atoms with van der Waals surface area (Å²) < 4.78 is 2.22. The van der Waals surface area contributed by atoms with Crippen LogP contribution in [0.4, 0.5) is 0 Å². The second-order valence-electron chi connectivity index (χ2n) is 6.31. The van der Waals surface area contributed by atoms with Gasteiger partial charge in [-0.3, -0.25) is 9.59 Å². The van der Waals surface area contributed by atoms with Crippen LogP contribution in [0.5, 0.6) is 0 Å². The number of nitrogens with one attached hydrogen (secondary N) is 2. The molecule has 1 aliphatic carbocycles. The Balaban J connectivity index is 1.45. The van der Waals surface area contributed by atoms with Gasteiger partial charge < -0.3 is 14.9 Å². The third kappa shape index (κ3) is 2.78.